The van der Waals surface area contributed by atoms with Crippen molar-refractivity contribution in [2.24, 2.45) is 0 Å². The van der Waals surface area contributed by atoms with E-state index in [4.69, 9.17) is 5.26 Å². The number of hydrogen-bond acceptors (Lipinski definition) is 5. The maximum atomic E-state index is 12.6. The first kappa shape index (κ1) is 16.3. The number of alkyl halides is 3. The molecule has 0 bridgehead atoms. The molecule has 1 aromatic carbocycles. The van der Waals surface area contributed by atoms with Crippen LogP contribution in [0.4, 0.5) is 13.2 Å². The van der Waals surface area contributed by atoms with E-state index >= 15 is 0 Å². The quantitative estimate of drug-likeness (QED) is 0.840. The van der Waals surface area contributed by atoms with Crippen molar-refractivity contribution in [3.8, 4) is 22.9 Å². The lowest BCUT2D eigenvalue weighted by Crippen LogP contribution is -2.18. The first-order chi connectivity index (χ1) is 11.2. The zero-order chi connectivity index (χ0) is 17.5. The number of aromatic nitrogens is 2. The molecule has 0 unspecified atom stereocenters. The van der Waals surface area contributed by atoms with Gasteiger partial charge in [-0.15, -0.1) is 13.2 Å². The zero-order valence-corrected chi connectivity index (χ0v) is 12.8. The molecule has 1 aliphatic rings. The van der Waals surface area contributed by atoms with E-state index in [0.29, 0.717) is 12.8 Å². The molecular weight excluding hydrogens is 347 g/mol. The molecule has 2 aromatic rings. The summed E-state index contributed by atoms with van der Waals surface area (Å²) >= 11 is 0. The lowest BCUT2D eigenvalue weighted by Gasteiger charge is -2.12. The van der Waals surface area contributed by atoms with Crippen LogP contribution in [-0.2, 0) is 10.0 Å². The van der Waals surface area contributed by atoms with Crippen LogP contribution in [0, 0.1) is 11.3 Å². The highest BCUT2D eigenvalue weighted by molar-refractivity contribution is 7.90. The molecule has 3 rings (SSSR count). The summed E-state index contributed by atoms with van der Waals surface area (Å²) in [4.78, 5) is 0. The topological polar surface area (TPSA) is 85.0 Å². The molecule has 1 heterocycles. The molecule has 0 aliphatic heterocycles. The van der Waals surface area contributed by atoms with E-state index in [1.165, 1.54) is 12.1 Å². The summed E-state index contributed by atoms with van der Waals surface area (Å²) in [5, 5.41) is 12.0. The highest BCUT2D eigenvalue weighted by atomic mass is 32.2. The first-order valence-corrected chi connectivity index (χ1v) is 8.30. The van der Waals surface area contributed by atoms with Crippen molar-refractivity contribution in [3.05, 3.63) is 36.2 Å². The molecule has 1 fully saturated rings. The average molecular weight is 357 g/mol. The Bertz CT molecular complexity index is 925. The molecule has 1 saturated carbocycles. The summed E-state index contributed by atoms with van der Waals surface area (Å²) in [5.74, 6) is -0.593. The first-order valence-electron chi connectivity index (χ1n) is 6.80. The predicted octanol–water partition coefficient (Wildman–Crippen LogP) is 2.66. The molecule has 24 heavy (non-hydrogen) atoms. The SMILES string of the molecule is N#Cc1ccc(-c2cnn(S(=O)(=O)C3CC3)c2)c(OC(F)(F)F)c1. The Morgan fingerprint density at radius 3 is 2.62 bits per heavy atom. The number of halogens is 3. The van der Waals surface area contributed by atoms with Gasteiger partial charge in [-0.25, -0.2) is 8.42 Å². The number of ether oxygens (including phenoxy) is 1. The minimum atomic E-state index is -4.95. The van der Waals surface area contributed by atoms with E-state index in [9.17, 15) is 21.6 Å². The van der Waals surface area contributed by atoms with Crippen molar-refractivity contribution in [1.29, 1.82) is 5.26 Å². The molecular formula is C14H10F3N3O3S. The maximum absolute atomic E-state index is 12.6. The molecule has 0 amide bonds. The van der Waals surface area contributed by atoms with Crippen LogP contribution in [0.15, 0.2) is 30.6 Å². The number of rotatable bonds is 4. The number of benzene rings is 1. The van der Waals surface area contributed by atoms with Gasteiger partial charge in [-0.05, 0) is 31.0 Å². The van der Waals surface area contributed by atoms with Gasteiger partial charge in [0.05, 0.1) is 29.3 Å². The second-order valence-electron chi connectivity index (χ2n) is 5.22. The van der Waals surface area contributed by atoms with E-state index in [-0.39, 0.29) is 16.7 Å². The Balaban J connectivity index is 2.03. The molecule has 0 radical (unpaired) electrons. The van der Waals surface area contributed by atoms with Gasteiger partial charge in [-0.2, -0.15) is 14.4 Å². The molecule has 6 nitrogen and oxygen atoms in total. The number of hydrogen-bond donors (Lipinski definition) is 0. The Labute approximate surface area is 135 Å². The third-order valence-electron chi connectivity index (χ3n) is 3.41. The minimum Gasteiger partial charge on any atom is -0.405 e. The number of nitrogens with zero attached hydrogens (tertiary/aromatic N) is 3. The third-order valence-corrected chi connectivity index (χ3v) is 5.45. The Hall–Kier alpha value is -2.54. The number of nitriles is 1. The van der Waals surface area contributed by atoms with E-state index in [1.807, 2.05) is 0 Å². The fraction of sp³-hybridized carbons (Fsp3) is 0.286. The van der Waals surface area contributed by atoms with Gasteiger partial charge in [0.2, 0.25) is 0 Å². The van der Waals surface area contributed by atoms with Gasteiger partial charge in [0.1, 0.15) is 5.75 Å². The van der Waals surface area contributed by atoms with Crippen LogP contribution in [0.1, 0.15) is 18.4 Å². The van der Waals surface area contributed by atoms with Crippen molar-refractivity contribution in [2.75, 3.05) is 0 Å². The highest BCUT2D eigenvalue weighted by Gasteiger charge is 2.38. The van der Waals surface area contributed by atoms with E-state index < -0.39 is 27.4 Å². The summed E-state index contributed by atoms with van der Waals surface area (Å²) in [7, 11) is -3.62. The molecule has 1 aliphatic carbocycles. The summed E-state index contributed by atoms with van der Waals surface area (Å²) in [6.45, 7) is 0. The third kappa shape index (κ3) is 3.21. The summed E-state index contributed by atoms with van der Waals surface area (Å²) in [6.07, 6.45) is -1.59. The lowest BCUT2D eigenvalue weighted by atomic mass is 10.1. The predicted molar refractivity (Wildman–Crippen MR) is 76.4 cm³/mol. The fourth-order valence-corrected chi connectivity index (χ4v) is 3.62. The van der Waals surface area contributed by atoms with Crippen LogP contribution in [0.3, 0.4) is 0 Å². The summed E-state index contributed by atoms with van der Waals surface area (Å²) in [6, 6.07) is 5.23. The van der Waals surface area contributed by atoms with Gasteiger partial charge in [0.15, 0.2) is 0 Å². The van der Waals surface area contributed by atoms with Crippen LogP contribution in [0.25, 0.3) is 11.1 Å². The van der Waals surface area contributed by atoms with Crippen LogP contribution >= 0.6 is 0 Å². The summed E-state index contributed by atoms with van der Waals surface area (Å²) in [5.41, 5.74) is 0.113. The van der Waals surface area contributed by atoms with E-state index in [0.717, 1.165) is 22.5 Å². The normalized spacial score (nSPS) is 15.1. The fourth-order valence-electron chi connectivity index (χ4n) is 2.14. The van der Waals surface area contributed by atoms with Crippen molar-refractivity contribution < 1.29 is 26.3 Å². The van der Waals surface area contributed by atoms with Gasteiger partial charge in [-0.3, -0.25) is 0 Å². The van der Waals surface area contributed by atoms with Gasteiger partial charge in [0.25, 0.3) is 10.0 Å². The van der Waals surface area contributed by atoms with Crippen molar-refractivity contribution in [2.45, 2.75) is 24.5 Å². The van der Waals surface area contributed by atoms with Crippen molar-refractivity contribution in [1.82, 2.24) is 9.19 Å². The Morgan fingerprint density at radius 1 is 1.33 bits per heavy atom. The molecule has 0 N–H and O–H groups in total. The molecule has 0 spiro atoms. The molecule has 1 aromatic heterocycles. The van der Waals surface area contributed by atoms with Crippen LogP contribution in [-0.4, -0.2) is 29.2 Å². The van der Waals surface area contributed by atoms with Gasteiger partial charge < -0.3 is 4.74 Å². The monoisotopic (exact) mass is 357 g/mol. The average Bonchev–Trinajstić information content (AvgIpc) is 3.24. The molecule has 10 heteroatoms. The minimum absolute atomic E-state index is 0.0106. The zero-order valence-electron chi connectivity index (χ0n) is 12.0. The van der Waals surface area contributed by atoms with Crippen molar-refractivity contribution >= 4 is 10.0 Å². The molecule has 0 atom stereocenters. The van der Waals surface area contributed by atoms with Gasteiger partial charge in [0, 0.05) is 11.1 Å². The smallest absolute Gasteiger partial charge is 0.405 e. The lowest BCUT2D eigenvalue weighted by molar-refractivity contribution is -0.274. The second-order valence-corrected chi connectivity index (χ2v) is 7.29. The van der Waals surface area contributed by atoms with Crippen LogP contribution in [0.5, 0.6) is 5.75 Å². The second kappa shape index (κ2) is 5.52. The summed E-state index contributed by atoms with van der Waals surface area (Å²) < 4.78 is 66.6. The van der Waals surface area contributed by atoms with Crippen molar-refractivity contribution in [3.63, 3.8) is 0 Å². The Kier molecular flexibility index (Phi) is 3.76. The largest absolute Gasteiger partial charge is 0.573 e. The van der Waals surface area contributed by atoms with Crippen LogP contribution in [0.2, 0.25) is 0 Å². The molecule has 0 saturated heterocycles. The van der Waals surface area contributed by atoms with Gasteiger partial charge >= 0.3 is 6.36 Å². The van der Waals surface area contributed by atoms with E-state index in [2.05, 4.69) is 9.84 Å². The standard InChI is InChI=1S/C14H10F3N3O3S/c15-14(16,17)23-13-5-9(6-18)1-4-12(13)10-7-19-20(8-10)24(21,22)11-2-3-11/h1,4-5,7-8,11H,2-3H2. The van der Waals surface area contributed by atoms with Gasteiger partial charge in [-0.1, -0.05) is 0 Å². The maximum Gasteiger partial charge on any atom is 0.573 e. The van der Waals surface area contributed by atoms with Crippen LogP contribution < -0.4 is 4.74 Å². The highest BCUT2D eigenvalue weighted by Crippen LogP contribution is 2.36. The Morgan fingerprint density at radius 2 is 2.04 bits per heavy atom. The van der Waals surface area contributed by atoms with E-state index in [1.54, 1.807) is 6.07 Å². The molecule has 126 valence electrons.